The quantitative estimate of drug-likeness (QED) is 0.0872. The Morgan fingerprint density at radius 1 is 0.151 bits per heavy atom. The first-order valence-electron chi connectivity index (χ1n) is 21.3. The van der Waals surface area contributed by atoms with Crippen LogP contribution in [-0.4, -0.2) is 264 Å². The van der Waals surface area contributed by atoms with Crippen molar-refractivity contribution in [2.24, 2.45) is 0 Å². The van der Waals surface area contributed by atoms with Crippen LogP contribution >= 0.6 is 0 Å². The topological polar surface area (TPSA) is 367 Å². The Morgan fingerprint density at radius 2 is 0.247 bits per heavy atom. The molecule has 0 spiro atoms. The van der Waals surface area contributed by atoms with Crippen LogP contribution in [0.2, 0.25) is 0 Å². The molecule has 0 saturated carbocycles. The summed E-state index contributed by atoms with van der Waals surface area (Å²) in [6, 6.07) is 0. The summed E-state index contributed by atoms with van der Waals surface area (Å²) in [6.45, 7) is -41.7. The van der Waals surface area contributed by atoms with Crippen LogP contribution < -0.4 is 0 Å². The van der Waals surface area contributed by atoms with E-state index in [0.29, 0.717) is 0 Å². The zero-order chi connectivity index (χ0) is 75.2. The average Bonchev–Trinajstić information content (AvgIpc) is 0.760. The van der Waals surface area contributed by atoms with Crippen LogP contribution in [0, 0.1) is 0 Å². The Bertz CT molecular complexity index is 3720. The summed E-state index contributed by atoms with van der Waals surface area (Å²) in [5.41, 5.74) is -71.6. The van der Waals surface area contributed by atoms with Gasteiger partial charge < -0.3 is 0 Å². The molecule has 0 N–H and O–H groups in total. The first-order valence-corrected chi connectivity index (χ1v) is 35.7. The second-order valence-corrected chi connectivity index (χ2v) is 35.7. The fraction of sp³-hybridized carbons (Fsp3) is 1.00. The number of sulfonamides is 10. The minimum atomic E-state index is -8.15. The summed E-state index contributed by atoms with van der Waals surface area (Å²) in [5.74, 6) is 0. The van der Waals surface area contributed by atoms with E-state index in [0.717, 1.165) is 0 Å². The third-order valence-corrected chi connectivity index (χ3v) is 27.7. The molecule has 0 atom stereocenters. The SMILES string of the molecule is O=S(=O)(N(CCCN(CCN(S(=O)(=O)C(F)(F)F)S(=O)(=O)C(F)(F)F)S(=O)(=O)C(F)(F)F)CCN(CCN(CCN(CCN(CCN(S(=O)(=O)C(F)(F)F)S(=O)(=O)C(F)(F)F)S(=O)(=O)C(F)(F)F)S(=O)(=O)C(F)(F)F)S(=O)(=O)C(F)(F)F)S(=O)(=O)C(F)(F)F)C(F)(F)F. The Labute approximate surface area is 500 Å². The molecule has 0 aliphatic carbocycles. The molecule has 0 aliphatic heterocycles. The van der Waals surface area contributed by atoms with Crippen molar-refractivity contribution in [3.63, 3.8) is 0 Å². The zero-order valence-electron chi connectivity index (χ0n) is 42.8. The van der Waals surface area contributed by atoms with Crippen LogP contribution in [0.3, 0.4) is 0 Å². The first kappa shape index (κ1) is 90.1. The van der Waals surface area contributed by atoms with E-state index >= 15 is 0 Å². The average molecular weight is 1650 g/mol. The molecule has 0 radical (unpaired) electrons. The van der Waals surface area contributed by atoms with Crippen LogP contribution in [0.15, 0.2) is 0 Å². The highest BCUT2D eigenvalue weighted by molar-refractivity contribution is 8.05. The molecule has 560 valence electrons. The van der Waals surface area contributed by atoms with Gasteiger partial charge in [0.2, 0.25) is 0 Å². The Kier molecular flexibility index (Phi) is 27.5. The maximum Gasteiger partial charge on any atom is 0.512 e. The largest absolute Gasteiger partial charge is 0.512 e. The maximum atomic E-state index is 13.9. The van der Waals surface area contributed by atoms with E-state index in [1.807, 2.05) is 0 Å². The lowest BCUT2D eigenvalue weighted by Gasteiger charge is -2.32. The zero-order valence-corrected chi connectivity index (χ0v) is 50.9. The Hall–Kier alpha value is -2.92. The van der Waals surface area contributed by atoms with Crippen molar-refractivity contribution in [2.45, 2.75) is 61.5 Å². The van der Waals surface area contributed by atoms with Gasteiger partial charge in [-0.15, -0.1) is 0 Å². The van der Waals surface area contributed by atoms with Crippen molar-refractivity contribution in [1.29, 1.82) is 0 Å². The van der Waals surface area contributed by atoms with Crippen molar-refractivity contribution in [1.82, 2.24) is 33.3 Å². The lowest BCUT2D eigenvalue weighted by molar-refractivity contribution is -0.0547. The molecule has 0 aliphatic rings. The van der Waals surface area contributed by atoms with Gasteiger partial charge in [-0.1, -0.05) is 7.42 Å². The van der Waals surface area contributed by atoms with Crippen molar-refractivity contribution >= 4 is 100 Å². The number of rotatable bonds is 32. The standard InChI is InChI=1S/C25H30F30N8O20S10/c26-16(27,28)84(64,65)56(2-1-3-57(85(66,67)17(29,30)31)12-14-62(90(76,77)22(44,45)46)91(78,79)23(47,48)49)4-5-58(86(68,69)18(32,33)34)6-7-59(87(70,71)19(35,36)37)8-9-60(88(72,73)20(38,39)40)10-11-61(89(74,75)21(41,42)43)13-15-63(92(80,81)24(50,51)52)93(82,83)25(53,54)55/h1-15H2. The van der Waals surface area contributed by atoms with Crippen LogP contribution in [0.4, 0.5) is 132 Å². The third kappa shape index (κ3) is 20.2. The smallest absolute Gasteiger partial charge is 0.203 e. The van der Waals surface area contributed by atoms with Crippen molar-refractivity contribution in [2.75, 3.05) is 91.6 Å². The molecule has 0 heterocycles. The van der Waals surface area contributed by atoms with Crippen molar-refractivity contribution in [3.8, 4) is 0 Å². The summed E-state index contributed by atoms with van der Waals surface area (Å²) >= 11 is 0. The fourth-order valence-electron chi connectivity index (χ4n) is 5.89. The van der Waals surface area contributed by atoms with E-state index in [9.17, 15) is 216 Å². The third-order valence-electron chi connectivity index (χ3n) is 10.3. The van der Waals surface area contributed by atoms with Crippen LogP contribution in [0.1, 0.15) is 6.42 Å². The highest BCUT2D eigenvalue weighted by Crippen LogP contribution is 2.39. The van der Waals surface area contributed by atoms with E-state index in [4.69, 9.17) is 0 Å². The second-order valence-electron chi connectivity index (χ2n) is 16.2. The molecule has 0 aromatic carbocycles. The lowest BCUT2D eigenvalue weighted by Crippen LogP contribution is -2.54. The molecule has 0 amide bonds. The van der Waals surface area contributed by atoms with Crippen LogP contribution in [0.5, 0.6) is 0 Å². The summed E-state index contributed by atoms with van der Waals surface area (Å²) in [5, 5.41) is 0. The predicted octanol–water partition coefficient (Wildman–Crippen LogP) is 2.29. The maximum absolute atomic E-state index is 13.9. The first-order chi connectivity index (χ1) is 40.1. The fourth-order valence-corrected chi connectivity index (χ4v) is 16.9. The normalized spacial score (nSPS) is 16.0. The minimum absolute atomic E-state index is 1.58. The molecule has 0 aromatic rings. The molecular formula is C25H30F30N8O20S10. The van der Waals surface area contributed by atoms with Gasteiger partial charge in [-0.05, 0) is 6.42 Å². The van der Waals surface area contributed by atoms with Gasteiger partial charge >= 0.3 is 155 Å². The highest BCUT2D eigenvalue weighted by atomic mass is 32.3. The monoisotopic (exact) mass is 1650 g/mol. The van der Waals surface area contributed by atoms with E-state index < -0.39 is 287 Å². The molecule has 68 heteroatoms. The number of alkyl halides is 30. The number of hydrogen-bond donors (Lipinski definition) is 0. The van der Waals surface area contributed by atoms with Gasteiger partial charge in [0, 0.05) is 91.6 Å². The van der Waals surface area contributed by atoms with Gasteiger partial charge in [-0.3, -0.25) is 0 Å². The van der Waals surface area contributed by atoms with Gasteiger partial charge in [0.05, 0.1) is 0 Å². The van der Waals surface area contributed by atoms with Gasteiger partial charge in [0.25, 0.3) is 0 Å². The van der Waals surface area contributed by atoms with Crippen molar-refractivity contribution in [3.05, 3.63) is 0 Å². The minimum Gasteiger partial charge on any atom is -0.203 e. The van der Waals surface area contributed by atoms with E-state index in [2.05, 4.69) is 0 Å². The summed E-state index contributed by atoms with van der Waals surface area (Å²) in [6.07, 6.45) is -2.30. The molecular weight excluding hydrogens is 1620 g/mol. The predicted molar refractivity (Wildman–Crippen MR) is 237 cm³/mol. The van der Waals surface area contributed by atoms with E-state index in [-0.39, 0.29) is 0 Å². The van der Waals surface area contributed by atoms with Gasteiger partial charge in [0.1, 0.15) is 0 Å². The molecule has 0 bridgehead atoms. The summed E-state index contributed by atoms with van der Waals surface area (Å²) in [4.78, 5) is 0. The van der Waals surface area contributed by atoms with Crippen molar-refractivity contribution < 1.29 is 216 Å². The highest BCUT2D eigenvalue weighted by Gasteiger charge is 2.65. The van der Waals surface area contributed by atoms with E-state index in [1.165, 1.54) is 0 Å². The molecule has 28 nitrogen and oxygen atoms in total. The Balaban J connectivity index is 8.05. The number of hydrogen-bond acceptors (Lipinski definition) is 20. The van der Waals surface area contributed by atoms with Gasteiger partial charge in [0.15, 0.2) is 0 Å². The van der Waals surface area contributed by atoms with Crippen LogP contribution in [-0.2, 0) is 100 Å². The number of halogens is 30. The van der Waals surface area contributed by atoms with E-state index in [1.54, 1.807) is 0 Å². The molecule has 93 heavy (non-hydrogen) atoms. The number of nitrogens with zero attached hydrogens (tertiary/aromatic N) is 8. The summed E-state index contributed by atoms with van der Waals surface area (Å²) in [7, 11) is -78.7. The molecule has 0 unspecified atom stereocenters. The molecule has 0 aromatic heterocycles. The molecule has 0 saturated heterocycles. The Morgan fingerprint density at radius 3 is 0.355 bits per heavy atom. The summed E-state index contributed by atoms with van der Waals surface area (Å²) < 4.78 is 635. The van der Waals surface area contributed by atoms with Crippen LogP contribution in [0.25, 0.3) is 0 Å². The van der Waals surface area contributed by atoms with Gasteiger partial charge in [-0.2, -0.15) is 158 Å². The second kappa shape index (κ2) is 28.4. The molecule has 0 fully saturated rings. The lowest BCUT2D eigenvalue weighted by atomic mass is 10.4. The molecule has 0 rings (SSSR count). The van der Waals surface area contributed by atoms with Gasteiger partial charge in [-0.25, -0.2) is 84.2 Å².